The van der Waals surface area contributed by atoms with Crippen LogP contribution in [-0.2, 0) is 54.8 Å². The van der Waals surface area contributed by atoms with Gasteiger partial charge in [-0.2, -0.15) is 23.1 Å². The Labute approximate surface area is 783 Å². The number of aryl methyl sites for hydroxylation is 6. The number of hydrogen-bond acceptors (Lipinski definition) is 24. The van der Waals surface area contributed by atoms with Gasteiger partial charge < -0.3 is 63.1 Å². The number of para-hydroxylation sites is 3. The molecule has 9 aromatic carbocycles. The standard InChI is InChI=1S/C35H40N6O3.C34H35F3N6O4.C33H36N6O5/c1-24-7-6-8-25(2)33(24)40-23-28-21-36-32(19-26-9-11-27(12-10-26)22-39-17-15-38(3)16-18-39)37-34(28)41(35(40)42)30-14-13-29(43-4)20-31(30)44-5;1-21-6-5-7-22(2)30(21)42-20-24-18-38-32(40-31(24)43(33(42)44)28-9-8-27(45-3)17-29(28)46-4)39-26-15-23(14-25(16-26)34(35,36)37)19-41-10-12-47-13-11-41;1-21-7-6-8-22(2)30(21)38-20-23-19-34-32(35-24-9-11-26(28(17-24)42-4)37-13-15-44-16-14-37)36-31(23)39(33(38)40)27-12-10-25(41-3)18-29(27)43-5/h6-14,20-21H,15-19,22-23H2,1-5H3;5-9,14-18H,10-13,19-20H2,1-4H3,(H,38,39,40);6-12,17-19H,13-16,20H2,1-5H3,(H,34,35,36). The van der Waals surface area contributed by atoms with E-state index in [2.05, 4.69) is 66.6 Å². The summed E-state index contributed by atoms with van der Waals surface area (Å²) in [5.41, 5.74) is 16.3. The second-order valence-electron chi connectivity index (χ2n) is 33.8. The molecule has 33 heteroatoms. The molecule has 135 heavy (non-hydrogen) atoms. The number of likely N-dealkylation sites (N-methyl/N-ethyl adjacent to an activating group) is 1. The highest BCUT2D eigenvalue weighted by atomic mass is 19.4. The molecule has 0 spiro atoms. The van der Waals surface area contributed by atoms with Crippen LogP contribution >= 0.6 is 0 Å². The molecule has 0 atom stereocenters. The Hall–Kier alpha value is -14.4. The van der Waals surface area contributed by atoms with Crippen LogP contribution in [0.15, 0.2) is 188 Å². The van der Waals surface area contributed by atoms with Crippen molar-refractivity contribution >= 4 is 98.6 Å². The van der Waals surface area contributed by atoms with Gasteiger partial charge in [-0.1, -0.05) is 78.9 Å². The number of nitrogens with one attached hydrogen (secondary N) is 2. The van der Waals surface area contributed by atoms with Gasteiger partial charge in [-0.15, -0.1) is 0 Å². The van der Waals surface area contributed by atoms with Crippen LogP contribution in [0.25, 0.3) is 0 Å². The number of methoxy groups -OCH3 is 7. The number of nitrogens with zero attached hydrogens (tertiary/aromatic N) is 16. The lowest BCUT2D eigenvalue weighted by Crippen LogP contribution is -2.46. The van der Waals surface area contributed by atoms with Crippen molar-refractivity contribution in [2.45, 2.75) is 86.9 Å². The van der Waals surface area contributed by atoms with Crippen LogP contribution in [0.2, 0.25) is 0 Å². The first-order chi connectivity index (χ1) is 65.3. The first kappa shape index (κ1) is 93.8. The quantitative estimate of drug-likeness (QED) is 0.0569. The molecule has 12 aromatic rings. The smallest absolute Gasteiger partial charge is 0.416 e. The van der Waals surface area contributed by atoms with Gasteiger partial charge in [-0.05, 0) is 165 Å². The van der Waals surface area contributed by atoms with Gasteiger partial charge in [0, 0.05) is 143 Å². The SMILES string of the molecule is COc1ccc(N2C(=O)N(c3c(C)cccc3C)Cc3cnc(Cc4ccc(CN5CCN(C)CC5)cc4)nc32)c(OC)c1.COc1ccc(N2C(=O)N(c3c(C)cccc3C)Cc3cnc(Nc4cc(CN5CCOCC5)cc(C(F)(F)F)c4)nc32)c(OC)c1.COc1ccc(N2C(=O)N(c3c(C)cccc3C)Cc3cnc(Nc4ccc(N5CCOCC5)c(OC)c4)nc32)c(OC)c1. The number of benzene rings is 9. The van der Waals surface area contributed by atoms with Crippen LogP contribution in [0.5, 0.6) is 40.2 Å². The number of urea groups is 3. The molecule has 18 rings (SSSR count). The van der Waals surface area contributed by atoms with Crippen molar-refractivity contribution in [1.82, 2.24) is 44.6 Å². The fourth-order valence-corrected chi connectivity index (χ4v) is 17.8. The molecule has 0 unspecified atom stereocenters. The average molecular weight is 1840 g/mol. The van der Waals surface area contributed by atoms with Crippen molar-refractivity contribution in [3.63, 3.8) is 0 Å². The van der Waals surface area contributed by atoms with Crippen LogP contribution < -0.4 is 78.1 Å². The molecule has 0 bridgehead atoms. The molecule has 2 N–H and O–H groups in total. The molecule has 6 amide bonds. The zero-order valence-corrected chi connectivity index (χ0v) is 78.3. The predicted octanol–water partition coefficient (Wildman–Crippen LogP) is 18.7. The van der Waals surface area contributed by atoms with Crippen molar-refractivity contribution in [1.29, 1.82) is 0 Å². The van der Waals surface area contributed by atoms with Gasteiger partial charge in [0.05, 0.1) is 141 Å². The van der Waals surface area contributed by atoms with Crippen LogP contribution in [0.1, 0.15) is 78.1 Å². The lowest BCUT2D eigenvalue weighted by Gasteiger charge is -2.37. The number of halogens is 3. The maximum absolute atomic E-state index is 14.4. The van der Waals surface area contributed by atoms with Gasteiger partial charge in [0.25, 0.3) is 0 Å². The third kappa shape index (κ3) is 20.7. The Morgan fingerprint density at radius 3 is 1.18 bits per heavy atom. The molecule has 0 radical (unpaired) electrons. The molecule has 3 fully saturated rings. The zero-order valence-electron chi connectivity index (χ0n) is 78.3. The number of fused-ring (bicyclic) bond motifs is 3. The fourth-order valence-electron chi connectivity index (χ4n) is 17.8. The molecule has 0 aliphatic carbocycles. The van der Waals surface area contributed by atoms with Crippen LogP contribution in [0.4, 0.5) is 108 Å². The van der Waals surface area contributed by atoms with Crippen molar-refractivity contribution < 1.29 is 70.2 Å². The molecule has 702 valence electrons. The van der Waals surface area contributed by atoms with Gasteiger partial charge >= 0.3 is 24.3 Å². The molecule has 30 nitrogen and oxygen atoms in total. The van der Waals surface area contributed by atoms with E-state index in [1.807, 2.05) is 138 Å². The van der Waals surface area contributed by atoms with E-state index in [4.69, 9.17) is 62.6 Å². The largest absolute Gasteiger partial charge is 0.497 e. The molecule has 0 saturated carbocycles. The number of aromatic nitrogens is 6. The van der Waals surface area contributed by atoms with Crippen molar-refractivity contribution in [3.8, 4) is 40.2 Å². The maximum Gasteiger partial charge on any atom is 0.416 e. The molecular weight excluding hydrogens is 1730 g/mol. The number of amides is 6. The Morgan fingerprint density at radius 2 is 0.756 bits per heavy atom. The summed E-state index contributed by atoms with van der Waals surface area (Å²) in [6, 6.07) is 51.4. The molecule has 9 heterocycles. The van der Waals surface area contributed by atoms with Crippen LogP contribution in [0, 0.1) is 41.5 Å². The van der Waals surface area contributed by atoms with Gasteiger partial charge in [0.2, 0.25) is 11.9 Å². The summed E-state index contributed by atoms with van der Waals surface area (Å²) in [5, 5.41) is 6.28. The maximum atomic E-state index is 14.4. The normalized spacial score (nSPS) is 15.3. The second-order valence-corrected chi connectivity index (χ2v) is 33.8. The predicted molar refractivity (Wildman–Crippen MR) is 516 cm³/mol. The Kier molecular flexibility index (Phi) is 28.8. The van der Waals surface area contributed by atoms with E-state index in [1.54, 1.807) is 121 Å². The van der Waals surface area contributed by atoms with E-state index in [-0.39, 0.29) is 42.1 Å². The Balaban J connectivity index is 0.000000147. The van der Waals surface area contributed by atoms with Crippen LogP contribution in [0.3, 0.4) is 0 Å². The average Bonchev–Trinajstić information content (AvgIpc) is 0.751. The summed E-state index contributed by atoms with van der Waals surface area (Å²) in [6.45, 7) is 23.8. The third-order valence-corrected chi connectivity index (χ3v) is 24.7. The van der Waals surface area contributed by atoms with Crippen molar-refractivity contribution in [2.24, 2.45) is 0 Å². The summed E-state index contributed by atoms with van der Waals surface area (Å²) < 4.78 is 91.9. The second kappa shape index (κ2) is 41.4. The highest BCUT2D eigenvalue weighted by Gasteiger charge is 2.42. The van der Waals surface area contributed by atoms with Gasteiger partial charge in [0.15, 0.2) is 11.6 Å². The lowest BCUT2D eigenvalue weighted by molar-refractivity contribution is -0.137. The monoisotopic (exact) mass is 1840 g/mol. The van der Waals surface area contributed by atoms with Gasteiger partial charge in [-0.25, -0.2) is 49.0 Å². The number of anilines is 14. The van der Waals surface area contributed by atoms with Crippen molar-refractivity contribution in [3.05, 3.63) is 267 Å². The summed E-state index contributed by atoms with van der Waals surface area (Å²) in [7, 11) is 13.2. The number of rotatable bonds is 24. The first-order valence-electron chi connectivity index (χ1n) is 44.6. The molecule has 6 aliphatic rings. The zero-order chi connectivity index (χ0) is 94.9. The summed E-state index contributed by atoms with van der Waals surface area (Å²) >= 11 is 0. The minimum atomic E-state index is -4.56. The van der Waals surface area contributed by atoms with Gasteiger partial charge in [-0.3, -0.25) is 24.5 Å². The summed E-state index contributed by atoms with van der Waals surface area (Å²) in [6.07, 6.45) is 1.21. The summed E-state index contributed by atoms with van der Waals surface area (Å²) in [5.74, 6) is 6.22. The highest BCUT2D eigenvalue weighted by Crippen LogP contribution is 2.48. The van der Waals surface area contributed by atoms with E-state index in [0.717, 1.165) is 142 Å². The number of carbonyl (C=O) groups is 3. The number of alkyl halides is 3. The van der Waals surface area contributed by atoms with E-state index >= 15 is 0 Å². The fraction of sp³-hybridized carbons (Fsp3) is 0.324. The Morgan fingerprint density at radius 1 is 0.378 bits per heavy atom. The minimum absolute atomic E-state index is 0.0335. The van der Waals surface area contributed by atoms with Gasteiger partial charge in [0.1, 0.15) is 51.9 Å². The summed E-state index contributed by atoms with van der Waals surface area (Å²) in [4.78, 5) is 90.8. The molecule has 3 saturated heterocycles. The minimum Gasteiger partial charge on any atom is -0.497 e. The van der Waals surface area contributed by atoms with E-state index in [0.29, 0.717) is 152 Å². The Bertz CT molecular complexity index is 6270. The third-order valence-electron chi connectivity index (χ3n) is 24.7. The topological polar surface area (TPSA) is 268 Å². The number of piperazine rings is 1. The number of carbonyl (C=O) groups excluding carboxylic acids is 3. The number of ether oxygens (including phenoxy) is 9. The first-order valence-corrected chi connectivity index (χ1v) is 44.6. The van der Waals surface area contributed by atoms with E-state index in [9.17, 15) is 27.6 Å². The van der Waals surface area contributed by atoms with E-state index in [1.165, 1.54) is 24.7 Å². The lowest BCUT2D eigenvalue weighted by atomic mass is 10.1. The van der Waals surface area contributed by atoms with Crippen LogP contribution in [-0.4, -0.2) is 198 Å². The highest BCUT2D eigenvalue weighted by molar-refractivity contribution is 6.14. The molecule has 6 aliphatic heterocycles. The van der Waals surface area contributed by atoms with Crippen molar-refractivity contribution in [2.75, 3.05) is 181 Å². The number of hydrogen-bond donors (Lipinski definition) is 2. The number of morpholine rings is 2. The molecule has 3 aromatic heterocycles. The van der Waals surface area contributed by atoms with E-state index < -0.39 is 11.7 Å². The molecular formula is C102H111F3N18O12.